The minimum Gasteiger partial charge on any atom is -0.480 e. The van der Waals surface area contributed by atoms with Gasteiger partial charge in [-0.15, -0.1) is 0 Å². The highest BCUT2D eigenvalue weighted by Crippen LogP contribution is 2.27. The van der Waals surface area contributed by atoms with Crippen LogP contribution in [0.2, 0.25) is 0 Å². The number of ether oxygens (including phenoxy) is 1. The zero-order chi connectivity index (χ0) is 16.0. The van der Waals surface area contributed by atoms with E-state index in [4.69, 9.17) is 9.84 Å². The topological polar surface area (TPSA) is 75.6 Å². The lowest BCUT2D eigenvalue weighted by molar-refractivity contribution is -0.139. The summed E-state index contributed by atoms with van der Waals surface area (Å²) in [5.74, 6) is -0.619. The molecule has 1 aromatic carbocycles. The first kappa shape index (κ1) is 17.0. The average molecular weight is 293 g/mol. The molecule has 0 fully saturated rings. The molecular formula is C16H23NO4. The molecular weight excluding hydrogens is 270 g/mol. The van der Waals surface area contributed by atoms with Gasteiger partial charge in [0.1, 0.15) is 12.3 Å². The maximum atomic E-state index is 12.1. The van der Waals surface area contributed by atoms with Gasteiger partial charge in [-0.05, 0) is 23.5 Å². The molecule has 0 radical (unpaired) electrons. The van der Waals surface area contributed by atoms with Crippen LogP contribution in [0.4, 0.5) is 0 Å². The molecule has 0 aromatic heterocycles. The number of carboxylic acid groups (broad SMARTS) is 1. The van der Waals surface area contributed by atoms with E-state index in [0.29, 0.717) is 5.75 Å². The monoisotopic (exact) mass is 293 g/mol. The van der Waals surface area contributed by atoms with Gasteiger partial charge in [0, 0.05) is 0 Å². The Morgan fingerprint density at radius 1 is 1.19 bits per heavy atom. The molecule has 0 saturated carbocycles. The lowest BCUT2D eigenvalue weighted by Gasteiger charge is -2.23. The SMILES string of the molecule is CC(C)c1ccccc1OC(C(=O)NCC(=O)O)C(C)C. The maximum absolute atomic E-state index is 12.1. The number of carboxylic acids is 1. The van der Waals surface area contributed by atoms with Gasteiger partial charge in [-0.2, -0.15) is 0 Å². The Kier molecular flexibility index (Phi) is 6.21. The van der Waals surface area contributed by atoms with Gasteiger partial charge in [0.2, 0.25) is 0 Å². The highest BCUT2D eigenvalue weighted by molar-refractivity contribution is 5.85. The summed E-state index contributed by atoms with van der Waals surface area (Å²) in [5, 5.41) is 11.0. The van der Waals surface area contributed by atoms with Crippen LogP contribution in [0.25, 0.3) is 0 Å². The van der Waals surface area contributed by atoms with Gasteiger partial charge in [0.05, 0.1) is 0 Å². The van der Waals surface area contributed by atoms with Crippen molar-refractivity contribution in [2.24, 2.45) is 5.92 Å². The fourth-order valence-electron chi connectivity index (χ4n) is 1.96. The molecule has 21 heavy (non-hydrogen) atoms. The van der Waals surface area contributed by atoms with Crippen molar-refractivity contribution in [1.82, 2.24) is 5.32 Å². The van der Waals surface area contributed by atoms with E-state index in [1.54, 1.807) is 0 Å². The van der Waals surface area contributed by atoms with Crippen LogP contribution in [-0.2, 0) is 9.59 Å². The summed E-state index contributed by atoms with van der Waals surface area (Å²) in [6.45, 7) is 7.43. The third-order valence-electron chi connectivity index (χ3n) is 3.07. The smallest absolute Gasteiger partial charge is 0.322 e. The maximum Gasteiger partial charge on any atom is 0.322 e. The predicted molar refractivity (Wildman–Crippen MR) is 80.4 cm³/mol. The van der Waals surface area contributed by atoms with Crippen molar-refractivity contribution in [3.05, 3.63) is 29.8 Å². The highest BCUT2D eigenvalue weighted by atomic mass is 16.5. The van der Waals surface area contributed by atoms with Crippen molar-refractivity contribution < 1.29 is 19.4 Å². The van der Waals surface area contributed by atoms with Gasteiger partial charge in [0.15, 0.2) is 6.10 Å². The number of carbonyl (C=O) groups is 2. The van der Waals surface area contributed by atoms with E-state index >= 15 is 0 Å². The molecule has 5 nitrogen and oxygen atoms in total. The average Bonchev–Trinajstić information content (AvgIpc) is 2.42. The molecule has 0 aliphatic heterocycles. The Morgan fingerprint density at radius 2 is 1.81 bits per heavy atom. The number of para-hydroxylation sites is 1. The molecule has 0 spiro atoms. The summed E-state index contributed by atoms with van der Waals surface area (Å²) < 4.78 is 5.86. The zero-order valence-corrected chi connectivity index (χ0v) is 12.9. The molecule has 1 atom stereocenters. The molecule has 0 aliphatic carbocycles. The number of hydrogen-bond acceptors (Lipinski definition) is 3. The molecule has 0 saturated heterocycles. The third kappa shape index (κ3) is 5.10. The van der Waals surface area contributed by atoms with Crippen LogP contribution >= 0.6 is 0 Å². The minimum atomic E-state index is -1.08. The van der Waals surface area contributed by atoms with Crippen LogP contribution in [0.3, 0.4) is 0 Å². The number of nitrogens with one attached hydrogen (secondary N) is 1. The fourth-order valence-corrected chi connectivity index (χ4v) is 1.96. The first-order valence-corrected chi connectivity index (χ1v) is 7.08. The summed E-state index contributed by atoms with van der Waals surface area (Å²) in [6, 6.07) is 7.58. The van der Waals surface area contributed by atoms with Crippen LogP contribution in [0, 0.1) is 5.92 Å². The Morgan fingerprint density at radius 3 is 2.33 bits per heavy atom. The van der Waals surface area contributed by atoms with Crippen LogP contribution < -0.4 is 10.1 Å². The van der Waals surface area contributed by atoms with Crippen molar-refractivity contribution in [2.45, 2.75) is 39.7 Å². The normalized spacial score (nSPS) is 12.3. The summed E-state index contributed by atoms with van der Waals surface area (Å²) in [4.78, 5) is 22.6. The number of amides is 1. The van der Waals surface area contributed by atoms with Crippen LogP contribution in [-0.4, -0.2) is 29.6 Å². The molecule has 0 aliphatic rings. The first-order chi connectivity index (χ1) is 9.82. The van der Waals surface area contributed by atoms with Crippen LogP contribution in [0.1, 0.15) is 39.2 Å². The lowest BCUT2D eigenvalue weighted by atomic mass is 10.0. The molecule has 1 aromatic rings. The second kappa shape index (κ2) is 7.67. The second-order valence-electron chi connectivity index (χ2n) is 5.59. The highest BCUT2D eigenvalue weighted by Gasteiger charge is 2.25. The second-order valence-corrected chi connectivity index (χ2v) is 5.59. The van der Waals surface area contributed by atoms with Crippen LogP contribution in [0.5, 0.6) is 5.75 Å². The molecule has 2 N–H and O–H groups in total. The van der Waals surface area contributed by atoms with Gasteiger partial charge in [0.25, 0.3) is 5.91 Å². The number of benzene rings is 1. The molecule has 1 amide bonds. The van der Waals surface area contributed by atoms with Crippen molar-refractivity contribution in [3.63, 3.8) is 0 Å². The summed E-state index contributed by atoms with van der Waals surface area (Å²) in [6.07, 6.45) is -0.718. The van der Waals surface area contributed by atoms with E-state index in [1.807, 2.05) is 38.1 Å². The van der Waals surface area contributed by atoms with Gasteiger partial charge in [-0.3, -0.25) is 9.59 Å². The number of hydrogen-bond donors (Lipinski definition) is 2. The summed E-state index contributed by atoms with van der Waals surface area (Å²) >= 11 is 0. The van der Waals surface area contributed by atoms with E-state index in [-0.39, 0.29) is 11.8 Å². The third-order valence-corrected chi connectivity index (χ3v) is 3.07. The summed E-state index contributed by atoms with van der Waals surface area (Å²) in [7, 11) is 0. The van der Waals surface area contributed by atoms with Gasteiger partial charge < -0.3 is 15.2 Å². The first-order valence-electron chi connectivity index (χ1n) is 7.08. The summed E-state index contributed by atoms with van der Waals surface area (Å²) in [5.41, 5.74) is 1.02. The van der Waals surface area contributed by atoms with E-state index in [1.165, 1.54) is 0 Å². The quantitative estimate of drug-likeness (QED) is 0.809. The number of aliphatic carboxylic acids is 1. The Hall–Kier alpha value is -2.04. The van der Waals surface area contributed by atoms with Crippen molar-refractivity contribution in [3.8, 4) is 5.75 Å². The molecule has 116 valence electrons. The van der Waals surface area contributed by atoms with E-state index in [9.17, 15) is 9.59 Å². The lowest BCUT2D eigenvalue weighted by Crippen LogP contribution is -2.43. The molecule has 5 heteroatoms. The largest absolute Gasteiger partial charge is 0.480 e. The Labute approximate surface area is 125 Å². The van der Waals surface area contributed by atoms with Gasteiger partial charge >= 0.3 is 5.97 Å². The molecule has 1 rings (SSSR count). The van der Waals surface area contributed by atoms with E-state index < -0.39 is 24.5 Å². The fraction of sp³-hybridized carbons (Fsp3) is 0.500. The Bertz CT molecular complexity index is 497. The van der Waals surface area contributed by atoms with Crippen LogP contribution in [0.15, 0.2) is 24.3 Å². The van der Waals surface area contributed by atoms with Crippen molar-refractivity contribution in [1.29, 1.82) is 0 Å². The van der Waals surface area contributed by atoms with Crippen molar-refractivity contribution >= 4 is 11.9 Å². The molecule has 1 unspecified atom stereocenters. The minimum absolute atomic E-state index is 0.0704. The molecule has 0 bridgehead atoms. The standard InChI is InChI=1S/C16H23NO4/c1-10(2)12-7-5-6-8-13(12)21-15(11(3)4)16(20)17-9-14(18)19/h5-8,10-11,15H,9H2,1-4H3,(H,17,20)(H,18,19). The Balaban J connectivity index is 2.89. The van der Waals surface area contributed by atoms with E-state index in [2.05, 4.69) is 19.2 Å². The zero-order valence-electron chi connectivity index (χ0n) is 12.9. The number of carbonyl (C=O) groups excluding carboxylic acids is 1. The van der Waals surface area contributed by atoms with Gasteiger partial charge in [-0.25, -0.2) is 0 Å². The molecule has 0 heterocycles. The van der Waals surface area contributed by atoms with Gasteiger partial charge in [-0.1, -0.05) is 45.9 Å². The van der Waals surface area contributed by atoms with Crippen molar-refractivity contribution in [2.75, 3.05) is 6.54 Å². The predicted octanol–water partition coefficient (Wildman–Crippen LogP) is 2.41. The van der Waals surface area contributed by atoms with E-state index in [0.717, 1.165) is 5.56 Å². The number of rotatable bonds is 7.